The van der Waals surface area contributed by atoms with Gasteiger partial charge in [0.1, 0.15) is 24.0 Å². The summed E-state index contributed by atoms with van der Waals surface area (Å²) in [5, 5.41) is 3.40. The molecule has 1 aliphatic rings. The molecule has 2 unspecified atom stereocenters. The number of carbonyl (C=O) groups excluding carboxylic acids is 1. The summed E-state index contributed by atoms with van der Waals surface area (Å²) >= 11 is 0. The lowest BCUT2D eigenvalue weighted by atomic mass is 10.0. The number of imidazole rings is 1. The molecule has 4 heterocycles. The van der Waals surface area contributed by atoms with Crippen LogP contribution in [0.3, 0.4) is 0 Å². The second kappa shape index (κ2) is 9.98. The second-order valence-electron chi connectivity index (χ2n) is 9.08. The third-order valence-corrected chi connectivity index (χ3v) is 6.28. The highest BCUT2D eigenvalue weighted by Crippen LogP contribution is 2.29. The minimum absolute atomic E-state index is 0.0283. The fourth-order valence-electron chi connectivity index (χ4n) is 4.68. The third-order valence-electron chi connectivity index (χ3n) is 6.28. The number of amides is 1. The van der Waals surface area contributed by atoms with Crippen molar-refractivity contribution in [2.75, 3.05) is 18.4 Å². The minimum Gasteiger partial charge on any atom is -0.372 e. The van der Waals surface area contributed by atoms with Crippen molar-refractivity contribution in [1.82, 2.24) is 34.4 Å². The zero-order valence-electron chi connectivity index (χ0n) is 20.9. The van der Waals surface area contributed by atoms with Crippen molar-refractivity contribution in [3.8, 4) is 11.4 Å². The van der Waals surface area contributed by atoms with E-state index >= 15 is 0 Å². The zero-order valence-corrected chi connectivity index (χ0v) is 20.9. The van der Waals surface area contributed by atoms with Crippen LogP contribution in [0.15, 0.2) is 49.1 Å². The zero-order chi connectivity index (χ0) is 25.2. The Morgan fingerprint density at radius 2 is 1.78 bits per heavy atom. The van der Waals surface area contributed by atoms with E-state index in [2.05, 4.69) is 25.3 Å². The van der Waals surface area contributed by atoms with Gasteiger partial charge in [0.05, 0.1) is 17.8 Å². The molecule has 1 N–H and O–H groups in total. The highest BCUT2D eigenvalue weighted by molar-refractivity contribution is 5.91. The maximum Gasteiger partial charge on any atom is 0.249 e. The van der Waals surface area contributed by atoms with Gasteiger partial charge < -0.3 is 19.5 Å². The van der Waals surface area contributed by atoms with Gasteiger partial charge in [0.15, 0.2) is 17.0 Å². The number of nitrogens with one attached hydrogen (secondary N) is 1. The van der Waals surface area contributed by atoms with E-state index < -0.39 is 6.04 Å². The lowest BCUT2D eigenvalue weighted by molar-refractivity contribution is -0.144. The second-order valence-corrected chi connectivity index (χ2v) is 9.08. The van der Waals surface area contributed by atoms with Crippen LogP contribution in [0, 0.1) is 6.92 Å². The number of carbonyl (C=O) groups is 1. The molecule has 0 bridgehead atoms. The number of benzene rings is 1. The smallest absolute Gasteiger partial charge is 0.249 e. The molecule has 1 aliphatic heterocycles. The van der Waals surface area contributed by atoms with Gasteiger partial charge in [0, 0.05) is 32.0 Å². The first-order chi connectivity index (χ1) is 17.4. The van der Waals surface area contributed by atoms with E-state index in [1.807, 2.05) is 67.5 Å². The molecule has 1 amide bonds. The van der Waals surface area contributed by atoms with E-state index in [0.29, 0.717) is 48.3 Å². The maximum atomic E-state index is 13.8. The molecule has 0 saturated carbocycles. The first-order valence-corrected chi connectivity index (χ1v) is 12.2. The Morgan fingerprint density at radius 3 is 2.44 bits per heavy atom. The molecule has 0 radical (unpaired) electrons. The Kier molecular flexibility index (Phi) is 6.60. The van der Waals surface area contributed by atoms with Crippen LogP contribution in [0.4, 0.5) is 5.82 Å². The SMILES string of the molecule is CCn1c(-c2cnc(C)nc2)nc2c(N[C@H](C(=O)N3CC(C)OC(C)C3)c3ccccc3)ncnc21. The Morgan fingerprint density at radius 1 is 1.08 bits per heavy atom. The standard InChI is InChI=1S/C26H30N8O2/c1-5-34-24(20-11-27-18(4)28-12-20)32-22-23(29-15-30-25(22)34)31-21(19-9-7-6-8-10-19)26(35)33-13-16(2)36-17(3)14-33/h6-12,15-17,21H,5,13-14H2,1-4H3,(H,29,30,31)/t16?,17?,21-/m0/s1. The molecule has 4 aromatic rings. The van der Waals surface area contributed by atoms with Gasteiger partial charge in [-0.05, 0) is 33.3 Å². The van der Waals surface area contributed by atoms with Gasteiger partial charge in [-0.2, -0.15) is 0 Å². The number of nitrogens with zero attached hydrogens (tertiary/aromatic N) is 7. The number of aromatic nitrogens is 6. The van der Waals surface area contributed by atoms with Crippen molar-refractivity contribution < 1.29 is 9.53 Å². The summed E-state index contributed by atoms with van der Waals surface area (Å²) < 4.78 is 7.85. The molecule has 186 valence electrons. The lowest BCUT2D eigenvalue weighted by Crippen LogP contribution is -2.50. The quantitative estimate of drug-likeness (QED) is 0.441. The summed E-state index contributed by atoms with van der Waals surface area (Å²) in [6.45, 7) is 9.58. The van der Waals surface area contributed by atoms with Gasteiger partial charge in [-0.15, -0.1) is 0 Å². The number of hydrogen-bond acceptors (Lipinski definition) is 8. The summed E-state index contributed by atoms with van der Waals surface area (Å²) in [5.74, 6) is 1.86. The first-order valence-electron chi connectivity index (χ1n) is 12.2. The molecule has 0 aliphatic carbocycles. The van der Waals surface area contributed by atoms with Crippen LogP contribution >= 0.6 is 0 Å². The molecule has 10 heteroatoms. The summed E-state index contributed by atoms with van der Waals surface area (Å²) in [6.07, 6.45) is 4.96. The summed E-state index contributed by atoms with van der Waals surface area (Å²) in [5.41, 5.74) is 2.91. The molecule has 1 aromatic carbocycles. The van der Waals surface area contributed by atoms with Crippen LogP contribution < -0.4 is 5.32 Å². The normalized spacial score (nSPS) is 18.8. The lowest BCUT2D eigenvalue weighted by Gasteiger charge is -2.37. The minimum atomic E-state index is -0.639. The van der Waals surface area contributed by atoms with E-state index in [0.717, 1.165) is 11.1 Å². The molecule has 36 heavy (non-hydrogen) atoms. The highest BCUT2D eigenvalue weighted by Gasteiger charge is 2.32. The number of ether oxygens (including phenoxy) is 1. The molecule has 3 aromatic heterocycles. The van der Waals surface area contributed by atoms with Crippen molar-refractivity contribution in [3.63, 3.8) is 0 Å². The monoisotopic (exact) mass is 486 g/mol. The third kappa shape index (κ3) is 4.64. The van der Waals surface area contributed by atoms with Crippen molar-refractivity contribution >= 4 is 22.9 Å². The molecule has 1 saturated heterocycles. The molecule has 10 nitrogen and oxygen atoms in total. The fraction of sp³-hybridized carbons (Fsp3) is 0.385. The number of hydrogen-bond donors (Lipinski definition) is 1. The molecule has 3 atom stereocenters. The van der Waals surface area contributed by atoms with E-state index in [-0.39, 0.29) is 18.1 Å². The average Bonchev–Trinajstić information content (AvgIpc) is 3.26. The topological polar surface area (TPSA) is 111 Å². The van der Waals surface area contributed by atoms with E-state index in [1.165, 1.54) is 6.33 Å². The molecule has 5 rings (SSSR count). The van der Waals surface area contributed by atoms with Crippen molar-refractivity contribution in [2.45, 2.75) is 52.5 Å². The van der Waals surface area contributed by atoms with Crippen LogP contribution in [0.2, 0.25) is 0 Å². The summed E-state index contributed by atoms with van der Waals surface area (Å²) in [4.78, 5) is 38.2. The van der Waals surface area contributed by atoms with E-state index in [1.54, 1.807) is 12.4 Å². The van der Waals surface area contributed by atoms with Crippen molar-refractivity contribution in [3.05, 3.63) is 60.4 Å². The fourth-order valence-corrected chi connectivity index (χ4v) is 4.68. The van der Waals surface area contributed by atoms with Crippen molar-refractivity contribution in [2.24, 2.45) is 0 Å². The van der Waals surface area contributed by atoms with Gasteiger partial charge in [-0.25, -0.2) is 24.9 Å². The largest absolute Gasteiger partial charge is 0.372 e. The number of rotatable bonds is 6. The number of fused-ring (bicyclic) bond motifs is 1. The summed E-state index contributed by atoms with van der Waals surface area (Å²) in [7, 11) is 0. The Labute approximate surface area is 209 Å². The van der Waals surface area contributed by atoms with Gasteiger partial charge in [0.25, 0.3) is 0 Å². The number of aryl methyl sites for hydroxylation is 2. The van der Waals surface area contributed by atoms with E-state index in [4.69, 9.17) is 9.72 Å². The van der Waals surface area contributed by atoms with Crippen LogP contribution in [0.5, 0.6) is 0 Å². The van der Waals surface area contributed by atoms with Gasteiger partial charge in [-0.1, -0.05) is 30.3 Å². The average molecular weight is 487 g/mol. The predicted molar refractivity (Wildman–Crippen MR) is 136 cm³/mol. The van der Waals surface area contributed by atoms with E-state index in [9.17, 15) is 4.79 Å². The van der Waals surface area contributed by atoms with Gasteiger partial charge in [-0.3, -0.25) is 4.79 Å². The van der Waals surface area contributed by atoms with Crippen LogP contribution in [-0.4, -0.2) is 65.6 Å². The molecule has 0 spiro atoms. The maximum absolute atomic E-state index is 13.8. The Balaban J connectivity index is 1.56. The first kappa shape index (κ1) is 23.8. The van der Waals surface area contributed by atoms with Gasteiger partial charge in [0.2, 0.25) is 5.91 Å². The Bertz CT molecular complexity index is 1350. The van der Waals surface area contributed by atoms with Crippen LogP contribution in [-0.2, 0) is 16.1 Å². The van der Waals surface area contributed by atoms with Crippen LogP contribution in [0.25, 0.3) is 22.6 Å². The number of anilines is 1. The molecule has 1 fully saturated rings. The molecular formula is C26H30N8O2. The predicted octanol–water partition coefficient (Wildman–Crippen LogP) is 3.40. The van der Waals surface area contributed by atoms with Gasteiger partial charge >= 0.3 is 0 Å². The number of morpholine rings is 1. The van der Waals surface area contributed by atoms with Crippen LogP contribution in [0.1, 0.15) is 38.2 Å². The van der Waals surface area contributed by atoms with Crippen molar-refractivity contribution in [1.29, 1.82) is 0 Å². The Hall–Kier alpha value is -3.92. The summed E-state index contributed by atoms with van der Waals surface area (Å²) in [6, 6.07) is 9.05. The molecular weight excluding hydrogens is 456 g/mol. The highest BCUT2D eigenvalue weighted by atomic mass is 16.5.